The van der Waals surface area contributed by atoms with Gasteiger partial charge in [0.15, 0.2) is 11.5 Å². The number of amides is 2. The average Bonchev–Trinajstić information content (AvgIpc) is 3.36. The minimum absolute atomic E-state index is 0.00128. The SMILES string of the molecule is O=C(OCc1ccccc1Cl)c1ccc2c(c1)C(=O)N(Cc1ccc3c(c1)OCO3)C2=O. The van der Waals surface area contributed by atoms with Crippen LogP contribution in [0.15, 0.2) is 60.7 Å². The molecule has 0 aromatic heterocycles. The Bertz CT molecular complexity index is 1270. The molecule has 2 heterocycles. The molecule has 0 atom stereocenters. The van der Waals surface area contributed by atoms with Gasteiger partial charge >= 0.3 is 5.97 Å². The topological polar surface area (TPSA) is 82.1 Å². The van der Waals surface area contributed by atoms with Crippen molar-refractivity contribution in [1.29, 1.82) is 0 Å². The Hall–Kier alpha value is -3.84. The largest absolute Gasteiger partial charge is 0.457 e. The molecule has 0 saturated carbocycles. The number of rotatable bonds is 5. The summed E-state index contributed by atoms with van der Waals surface area (Å²) in [7, 11) is 0. The molecule has 0 bridgehead atoms. The third kappa shape index (κ3) is 3.56. The number of carbonyl (C=O) groups is 3. The number of ether oxygens (including phenoxy) is 3. The van der Waals surface area contributed by atoms with Gasteiger partial charge in [0.25, 0.3) is 11.8 Å². The molecule has 5 rings (SSSR count). The quantitative estimate of drug-likeness (QED) is 0.428. The molecule has 7 nitrogen and oxygen atoms in total. The summed E-state index contributed by atoms with van der Waals surface area (Å²) in [6, 6.07) is 16.6. The van der Waals surface area contributed by atoms with E-state index in [0.717, 1.165) is 10.5 Å². The van der Waals surface area contributed by atoms with Gasteiger partial charge in [-0.15, -0.1) is 0 Å². The first-order valence-corrected chi connectivity index (χ1v) is 10.2. The minimum atomic E-state index is -0.609. The standard InChI is InChI=1S/C24H16ClNO6/c25-19-4-2-1-3-16(19)12-30-24(29)15-6-7-17-18(10-15)23(28)26(22(17)27)11-14-5-8-20-21(9-14)32-13-31-20/h1-10H,11-13H2. The summed E-state index contributed by atoms with van der Waals surface area (Å²) >= 11 is 6.09. The van der Waals surface area contributed by atoms with E-state index < -0.39 is 17.8 Å². The molecule has 0 unspecified atom stereocenters. The highest BCUT2D eigenvalue weighted by molar-refractivity contribution is 6.31. The summed E-state index contributed by atoms with van der Waals surface area (Å²) in [6.07, 6.45) is 0. The van der Waals surface area contributed by atoms with Gasteiger partial charge in [0.2, 0.25) is 6.79 Å². The molecule has 0 spiro atoms. The van der Waals surface area contributed by atoms with Gasteiger partial charge in [-0.3, -0.25) is 14.5 Å². The summed E-state index contributed by atoms with van der Waals surface area (Å²) in [5.41, 5.74) is 2.00. The lowest BCUT2D eigenvalue weighted by atomic mass is 10.1. The van der Waals surface area contributed by atoms with Gasteiger partial charge < -0.3 is 14.2 Å². The molecule has 0 aliphatic carbocycles. The average molecular weight is 450 g/mol. The van der Waals surface area contributed by atoms with E-state index in [1.807, 2.05) is 0 Å². The maximum atomic E-state index is 12.9. The van der Waals surface area contributed by atoms with Crippen LogP contribution in [0.5, 0.6) is 11.5 Å². The molecule has 32 heavy (non-hydrogen) atoms. The molecular weight excluding hydrogens is 434 g/mol. The first-order valence-electron chi connectivity index (χ1n) is 9.80. The maximum absolute atomic E-state index is 12.9. The van der Waals surface area contributed by atoms with E-state index in [0.29, 0.717) is 22.1 Å². The summed E-state index contributed by atoms with van der Waals surface area (Å²) in [5.74, 6) is -0.303. The number of hydrogen-bond acceptors (Lipinski definition) is 6. The summed E-state index contributed by atoms with van der Waals surface area (Å²) in [4.78, 5) is 39.4. The molecule has 3 aromatic carbocycles. The van der Waals surface area contributed by atoms with Gasteiger partial charge in [-0.1, -0.05) is 35.9 Å². The number of hydrogen-bond donors (Lipinski definition) is 0. The fraction of sp³-hybridized carbons (Fsp3) is 0.125. The molecule has 0 radical (unpaired) electrons. The smallest absolute Gasteiger partial charge is 0.338 e. The van der Waals surface area contributed by atoms with E-state index in [4.69, 9.17) is 25.8 Å². The van der Waals surface area contributed by atoms with Crippen molar-refractivity contribution < 1.29 is 28.6 Å². The highest BCUT2D eigenvalue weighted by atomic mass is 35.5. The first-order chi connectivity index (χ1) is 15.5. The van der Waals surface area contributed by atoms with Crippen molar-refractivity contribution in [2.75, 3.05) is 6.79 Å². The highest BCUT2D eigenvalue weighted by Crippen LogP contribution is 2.34. The van der Waals surface area contributed by atoms with Crippen LogP contribution in [-0.4, -0.2) is 29.5 Å². The van der Waals surface area contributed by atoms with E-state index in [-0.39, 0.29) is 36.6 Å². The Morgan fingerprint density at radius 2 is 1.72 bits per heavy atom. The second kappa shape index (κ2) is 8.01. The molecule has 0 fully saturated rings. The van der Waals surface area contributed by atoms with Crippen molar-refractivity contribution in [1.82, 2.24) is 4.90 Å². The van der Waals surface area contributed by atoms with Crippen LogP contribution in [0.4, 0.5) is 0 Å². The zero-order valence-electron chi connectivity index (χ0n) is 16.7. The van der Waals surface area contributed by atoms with Gasteiger partial charge in [-0.05, 0) is 42.0 Å². The van der Waals surface area contributed by atoms with Crippen LogP contribution in [0.25, 0.3) is 0 Å². The Balaban J connectivity index is 1.32. The third-order valence-corrected chi connectivity index (χ3v) is 5.67. The monoisotopic (exact) mass is 449 g/mol. The zero-order chi connectivity index (χ0) is 22.2. The number of benzene rings is 3. The Labute approximate surface area is 188 Å². The van der Waals surface area contributed by atoms with Gasteiger partial charge in [0.1, 0.15) is 6.61 Å². The normalized spacial score (nSPS) is 14.0. The number of nitrogens with zero attached hydrogens (tertiary/aromatic N) is 1. The van der Waals surface area contributed by atoms with E-state index in [2.05, 4.69) is 0 Å². The Morgan fingerprint density at radius 3 is 2.56 bits per heavy atom. The van der Waals surface area contributed by atoms with Crippen LogP contribution in [-0.2, 0) is 17.9 Å². The number of halogens is 1. The number of esters is 1. The van der Waals surface area contributed by atoms with Crippen LogP contribution < -0.4 is 9.47 Å². The number of carbonyl (C=O) groups excluding carboxylic acids is 3. The summed E-state index contributed by atoms with van der Waals surface area (Å²) in [5, 5.41) is 0.495. The first kappa shape index (κ1) is 20.1. The molecule has 2 aliphatic heterocycles. The van der Waals surface area contributed by atoms with Crippen LogP contribution in [0, 0.1) is 0 Å². The fourth-order valence-electron chi connectivity index (χ4n) is 3.63. The minimum Gasteiger partial charge on any atom is -0.457 e. The fourth-order valence-corrected chi connectivity index (χ4v) is 3.82. The summed E-state index contributed by atoms with van der Waals surface area (Å²) < 4.78 is 16.0. The van der Waals surface area contributed by atoms with Crippen LogP contribution in [0.3, 0.4) is 0 Å². The van der Waals surface area contributed by atoms with Gasteiger partial charge in [-0.2, -0.15) is 0 Å². The molecule has 160 valence electrons. The Kier molecular flexibility index (Phi) is 5.03. The zero-order valence-corrected chi connectivity index (χ0v) is 17.4. The van der Waals surface area contributed by atoms with E-state index in [1.54, 1.807) is 42.5 Å². The van der Waals surface area contributed by atoms with Gasteiger partial charge in [0.05, 0.1) is 23.2 Å². The molecular formula is C24H16ClNO6. The predicted octanol–water partition coefficient (Wildman–Crippen LogP) is 4.22. The van der Waals surface area contributed by atoms with Crippen molar-refractivity contribution in [3.05, 3.63) is 93.5 Å². The molecule has 0 N–H and O–H groups in total. The predicted molar refractivity (Wildman–Crippen MR) is 114 cm³/mol. The Morgan fingerprint density at radius 1 is 0.938 bits per heavy atom. The lowest BCUT2D eigenvalue weighted by Crippen LogP contribution is -2.29. The van der Waals surface area contributed by atoms with E-state index in [1.165, 1.54) is 18.2 Å². The lowest BCUT2D eigenvalue weighted by Gasteiger charge is -2.14. The maximum Gasteiger partial charge on any atom is 0.338 e. The molecule has 2 aliphatic rings. The molecule has 8 heteroatoms. The highest BCUT2D eigenvalue weighted by Gasteiger charge is 2.36. The van der Waals surface area contributed by atoms with Crippen LogP contribution >= 0.6 is 11.6 Å². The second-order valence-electron chi connectivity index (χ2n) is 7.31. The van der Waals surface area contributed by atoms with Crippen molar-refractivity contribution >= 4 is 29.4 Å². The van der Waals surface area contributed by atoms with E-state index >= 15 is 0 Å². The van der Waals surface area contributed by atoms with Crippen LogP contribution in [0.2, 0.25) is 5.02 Å². The van der Waals surface area contributed by atoms with Crippen molar-refractivity contribution in [2.45, 2.75) is 13.2 Å². The molecule has 0 saturated heterocycles. The second-order valence-corrected chi connectivity index (χ2v) is 7.72. The van der Waals surface area contributed by atoms with Gasteiger partial charge in [-0.25, -0.2) is 4.79 Å². The number of imide groups is 1. The molecule has 3 aromatic rings. The van der Waals surface area contributed by atoms with Gasteiger partial charge in [0, 0.05) is 10.6 Å². The van der Waals surface area contributed by atoms with Crippen molar-refractivity contribution in [3.63, 3.8) is 0 Å². The van der Waals surface area contributed by atoms with Crippen molar-refractivity contribution in [3.8, 4) is 11.5 Å². The van der Waals surface area contributed by atoms with Crippen LogP contribution in [0.1, 0.15) is 42.2 Å². The molecule has 2 amide bonds. The summed E-state index contributed by atoms with van der Waals surface area (Å²) in [6.45, 7) is 0.217. The van der Waals surface area contributed by atoms with Crippen molar-refractivity contribution in [2.24, 2.45) is 0 Å². The van der Waals surface area contributed by atoms with E-state index in [9.17, 15) is 14.4 Å². The number of fused-ring (bicyclic) bond motifs is 2. The lowest BCUT2D eigenvalue weighted by molar-refractivity contribution is 0.0472. The third-order valence-electron chi connectivity index (χ3n) is 5.30.